The summed E-state index contributed by atoms with van der Waals surface area (Å²) in [5, 5.41) is 1.62. The lowest BCUT2D eigenvalue weighted by atomic mass is 10.1. The number of nitrogens with zero attached hydrogens (tertiary/aromatic N) is 3. The number of ether oxygens (including phenoxy) is 3. The predicted octanol–water partition coefficient (Wildman–Crippen LogP) is 5.43. The van der Waals surface area contributed by atoms with Crippen LogP contribution in [0.5, 0.6) is 17.2 Å². The van der Waals surface area contributed by atoms with Crippen molar-refractivity contribution in [3.8, 4) is 17.2 Å². The number of amides is 1. The van der Waals surface area contributed by atoms with Crippen molar-refractivity contribution < 1.29 is 19.0 Å². The Hall–Kier alpha value is -3.68. The molecule has 2 aliphatic rings. The summed E-state index contributed by atoms with van der Waals surface area (Å²) >= 11 is 6.51. The Bertz CT molecular complexity index is 1480. The summed E-state index contributed by atoms with van der Waals surface area (Å²) in [6, 6.07) is 21.8. The molecule has 2 aliphatic heterocycles. The molecule has 0 unspecified atom stereocenters. The summed E-state index contributed by atoms with van der Waals surface area (Å²) in [5.41, 5.74) is 3.75. The molecule has 0 aliphatic carbocycles. The molecule has 196 valence electrons. The van der Waals surface area contributed by atoms with Crippen molar-refractivity contribution in [2.24, 2.45) is 0 Å². The minimum atomic E-state index is 0.0263. The molecule has 1 aromatic heterocycles. The van der Waals surface area contributed by atoms with Gasteiger partial charge in [0.05, 0.1) is 12.1 Å². The first-order valence-corrected chi connectivity index (χ1v) is 13.4. The molecule has 0 bridgehead atoms. The number of carbonyl (C=O) groups is 1. The molecule has 1 fully saturated rings. The van der Waals surface area contributed by atoms with E-state index in [0.717, 1.165) is 53.3 Å². The fourth-order valence-corrected chi connectivity index (χ4v) is 5.45. The Morgan fingerprint density at radius 2 is 1.74 bits per heavy atom. The van der Waals surface area contributed by atoms with Crippen molar-refractivity contribution in [1.29, 1.82) is 0 Å². The summed E-state index contributed by atoms with van der Waals surface area (Å²) in [7, 11) is 0. The largest absolute Gasteiger partial charge is 0.493 e. The van der Waals surface area contributed by atoms with Gasteiger partial charge in [-0.2, -0.15) is 0 Å². The highest BCUT2D eigenvalue weighted by Crippen LogP contribution is 2.34. The number of halogens is 1. The second kappa shape index (κ2) is 10.6. The lowest BCUT2D eigenvalue weighted by Crippen LogP contribution is -2.48. The van der Waals surface area contributed by atoms with Crippen LogP contribution in [0.3, 0.4) is 0 Å². The van der Waals surface area contributed by atoms with Crippen LogP contribution in [0, 0.1) is 0 Å². The van der Waals surface area contributed by atoms with Crippen molar-refractivity contribution in [1.82, 2.24) is 14.4 Å². The number of piperazine rings is 1. The Labute approximate surface area is 227 Å². The molecule has 1 saturated heterocycles. The van der Waals surface area contributed by atoms with Crippen LogP contribution >= 0.6 is 11.6 Å². The smallest absolute Gasteiger partial charge is 0.270 e. The lowest BCUT2D eigenvalue weighted by Gasteiger charge is -2.35. The Kier molecular flexibility index (Phi) is 6.87. The van der Waals surface area contributed by atoms with E-state index in [2.05, 4.69) is 15.5 Å². The first-order chi connectivity index (χ1) is 18.6. The minimum Gasteiger partial charge on any atom is -0.493 e. The Morgan fingerprint density at radius 3 is 2.55 bits per heavy atom. The van der Waals surface area contributed by atoms with Crippen LogP contribution in [0.2, 0.25) is 5.02 Å². The van der Waals surface area contributed by atoms with Gasteiger partial charge in [0.15, 0.2) is 11.5 Å². The summed E-state index contributed by atoms with van der Waals surface area (Å²) in [4.78, 5) is 18.2. The van der Waals surface area contributed by atoms with Crippen LogP contribution in [-0.2, 0) is 13.1 Å². The van der Waals surface area contributed by atoms with Gasteiger partial charge in [-0.1, -0.05) is 41.9 Å². The maximum Gasteiger partial charge on any atom is 0.270 e. The van der Waals surface area contributed by atoms with Crippen molar-refractivity contribution in [2.75, 3.05) is 39.6 Å². The predicted molar refractivity (Wildman–Crippen MR) is 147 cm³/mol. The van der Waals surface area contributed by atoms with Gasteiger partial charge >= 0.3 is 0 Å². The van der Waals surface area contributed by atoms with Crippen molar-refractivity contribution in [2.45, 2.75) is 20.0 Å². The molecule has 3 heterocycles. The number of fused-ring (bicyclic) bond motifs is 2. The quantitative estimate of drug-likeness (QED) is 0.318. The van der Waals surface area contributed by atoms with E-state index in [1.165, 1.54) is 5.56 Å². The normalized spacial score (nSPS) is 15.3. The third-order valence-electron chi connectivity index (χ3n) is 7.21. The summed E-state index contributed by atoms with van der Waals surface area (Å²) < 4.78 is 18.9. The van der Waals surface area contributed by atoms with Gasteiger partial charge in [0.1, 0.15) is 11.4 Å². The summed E-state index contributed by atoms with van der Waals surface area (Å²) in [6.45, 7) is 7.04. The highest BCUT2D eigenvalue weighted by atomic mass is 35.5. The van der Waals surface area contributed by atoms with Gasteiger partial charge in [0.2, 0.25) is 6.79 Å². The topological polar surface area (TPSA) is 56.2 Å². The third kappa shape index (κ3) is 4.79. The Morgan fingerprint density at radius 1 is 0.921 bits per heavy atom. The number of rotatable bonds is 7. The molecule has 0 radical (unpaired) electrons. The van der Waals surface area contributed by atoms with Crippen LogP contribution in [0.1, 0.15) is 28.5 Å². The monoisotopic (exact) mass is 531 g/mol. The molecule has 0 N–H and O–H groups in total. The van der Waals surface area contributed by atoms with E-state index >= 15 is 0 Å². The van der Waals surface area contributed by atoms with Gasteiger partial charge in [-0.25, -0.2) is 0 Å². The van der Waals surface area contributed by atoms with Crippen LogP contribution < -0.4 is 14.2 Å². The van der Waals surface area contributed by atoms with E-state index in [1.807, 2.05) is 72.5 Å². The van der Waals surface area contributed by atoms with E-state index in [4.69, 9.17) is 25.8 Å². The molecule has 7 nitrogen and oxygen atoms in total. The molecule has 38 heavy (non-hydrogen) atoms. The molecule has 6 rings (SSSR count). The molecule has 1 amide bonds. The molecule has 0 atom stereocenters. The fraction of sp³-hybridized carbons (Fsp3) is 0.300. The fourth-order valence-electron chi connectivity index (χ4n) is 5.25. The van der Waals surface area contributed by atoms with Crippen LogP contribution in [-0.4, -0.2) is 59.9 Å². The average Bonchev–Trinajstić information content (AvgIpc) is 3.55. The van der Waals surface area contributed by atoms with Gasteiger partial charge in [-0.15, -0.1) is 0 Å². The summed E-state index contributed by atoms with van der Waals surface area (Å²) in [5.74, 6) is 2.40. The molecule has 0 saturated carbocycles. The molecular formula is C30H30ClN3O4. The summed E-state index contributed by atoms with van der Waals surface area (Å²) in [6.07, 6.45) is 0. The Balaban J connectivity index is 1.23. The molecule has 8 heteroatoms. The molecular weight excluding hydrogens is 502 g/mol. The zero-order valence-corrected chi connectivity index (χ0v) is 22.1. The van der Waals surface area contributed by atoms with Gasteiger partial charge in [0.25, 0.3) is 5.91 Å². The highest BCUT2D eigenvalue weighted by molar-refractivity contribution is 6.31. The molecule has 4 aromatic rings. The van der Waals surface area contributed by atoms with Crippen LogP contribution in [0.4, 0.5) is 0 Å². The van der Waals surface area contributed by atoms with Gasteiger partial charge in [-0.3, -0.25) is 9.69 Å². The number of benzene rings is 3. The van der Waals surface area contributed by atoms with Gasteiger partial charge in [-0.05, 0) is 54.4 Å². The van der Waals surface area contributed by atoms with Crippen molar-refractivity contribution >= 4 is 28.4 Å². The second-order valence-electron chi connectivity index (χ2n) is 9.59. The second-order valence-corrected chi connectivity index (χ2v) is 9.99. The van der Waals surface area contributed by atoms with Gasteiger partial charge in [0, 0.05) is 49.7 Å². The maximum atomic E-state index is 13.9. The van der Waals surface area contributed by atoms with Crippen LogP contribution in [0.25, 0.3) is 10.9 Å². The first-order valence-electron chi connectivity index (χ1n) is 13.0. The molecule has 3 aromatic carbocycles. The van der Waals surface area contributed by atoms with Gasteiger partial charge < -0.3 is 23.7 Å². The minimum absolute atomic E-state index is 0.0263. The van der Waals surface area contributed by atoms with Crippen molar-refractivity contribution in [3.05, 3.63) is 88.6 Å². The maximum absolute atomic E-state index is 13.9. The van der Waals surface area contributed by atoms with E-state index in [9.17, 15) is 4.79 Å². The standard InChI is InChI=1S/C30H30ClN3O4/c1-2-36-27-9-5-8-25-23(27)17-26(34(25)19-22-6-3-4-7-24(22)31)30(35)33-14-12-32(13-15-33)18-21-10-11-28-29(16-21)38-20-37-28/h3-11,16-17H,2,12-15,18-20H2,1H3. The van der Waals surface area contributed by atoms with Crippen LogP contribution in [0.15, 0.2) is 66.7 Å². The first kappa shape index (κ1) is 24.6. The zero-order valence-electron chi connectivity index (χ0n) is 21.4. The number of hydrogen-bond acceptors (Lipinski definition) is 5. The highest BCUT2D eigenvalue weighted by Gasteiger charge is 2.27. The molecule has 0 spiro atoms. The SMILES string of the molecule is CCOc1cccc2c1cc(C(=O)N1CCN(Cc3ccc4c(c3)OCO4)CC1)n2Cc1ccccc1Cl. The number of carbonyl (C=O) groups excluding carboxylic acids is 1. The third-order valence-corrected chi connectivity index (χ3v) is 7.58. The van der Waals surface area contributed by atoms with E-state index in [-0.39, 0.29) is 12.7 Å². The number of hydrogen-bond donors (Lipinski definition) is 0. The van der Waals surface area contributed by atoms with Crippen molar-refractivity contribution in [3.63, 3.8) is 0 Å². The van der Waals surface area contributed by atoms with E-state index in [1.54, 1.807) is 0 Å². The van der Waals surface area contributed by atoms with E-state index in [0.29, 0.717) is 37.0 Å². The average molecular weight is 532 g/mol. The zero-order chi connectivity index (χ0) is 26.1. The number of aromatic nitrogens is 1. The lowest BCUT2D eigenvalue weighted by molar-refractivity contribution is 0.0619. The van der Waals surface area contributed by atoms with E-state index < -0.39 is 0 Å².